The number of aromatic nitrogens is 4. The first-order valence-corrected chi connectivity index (χ1v) is 10.9. The number of aliphatic carboxylic acids is 1. The lowest BCUT2D eigenvalue weighted by Crippen LogP contribution is -2.23. The molecule has 1 aliphatic carbocycles. The summed E-state index contributed by atoms with van der Waals surface area (Å²) in [6.45, 7) is 4.60. The lowest BCUT2D eigenvalue weighted by Gasteiger charge is -2.34. The number of nitrogens with two attached hydrogens (primary N) is 2. The Bertz CT molecular complexity index is 1020. The van der Waals surface area contributed by atoms with Crippen molar-refractivity contribution in [2.45, 2.75) is 57.4 Å². The van der Waals surface area contributed by atoms with Gasteiger partial charge in [-0.15, -0.1) is 0 Å². The van der Waals surface area contributed by atoms with Gasteiger partial charge < -0.3 is 21.1 Å². The van der Waals surface area contributed by atoms with E-state index in [1.807, 2.05) is 6.20 Å². The minimum absolute atomic E-state index is 0.341. The van der Waals surface area contributed by atoms with Crippen LogP contribution in [-0.2, 0) is 4.79 Å². The molecule has 0 amide bonds. The van der Waals surface area contributed by atoms with E-state index in [2.05, 4.69) is 33.4 Å². The van der Waals surface area contributed by atoms with Crippen molar-refractivity contribution in [3.8, 4) is 0 Å². The van der Waals surface area contributed by atoms with Crippen molar-refractivity contribution in [3.05, 3.63) is 66.0 Å². The quantitative estimate of drug-likeness (QED) is 0.534. The van der Waals surface area contributed by atoms with Gasteiger partial charge in [-0.25, -0.2) is 15.0 Å². The minimum atomic E-state index is -0.960. The molecule has 168 valence electrons. The Balaban J connectivity index is 1.71. The van der Waals surface area contributed by atoms with E-state index in [-0.39, 0.29) is 0 Å². The molecule has 1 saturated carbocycles. The Morgan fingerprint density at radius 1 is 1.03 bits per heavy atom. The summed E-state index contributed by atoms with van der Waals surface area (Å²) < 4.78 is 2.08. The standard InChI is InChI=1S/C24H30N6O2/c1-24(2)9-7-17(8-10-24)30-13-18(29-14-30)22(23(31)32)21(15-3-5-19(25)27-11-15)16-4-6-20(26)28-12-16/h3-6,11-14,17,21-22H,7-10H2,1-2H3,(H2,25,27)(H2,26,28)(H,31,32). The molecule has 3 heterocycles. The molecule has 3 aromatic heterocycles. The summed E-state index contributed by atoms with van der Waals surface area (Å²) in [5.74, 6) is -1.66. The summed E-state index contributed by atoms with van der Waals surface area (Å²) in [4.78, 5) is 25.5. The fraction of sp³-hybridized carbons (Fsp3) is 0.417. The molecule has 1 fully saturated rings. The molecule has 5 N–H and O–H groups in total. The lowest BCUT2D eigenvalue weighted by atomic mass is 9.75. The molecule has 32 heavy (non-hydrogen) atoms. The van der Waals surface area contributed by atoms with Gasteiger partial charge in [-0.3, -0.25) is 4.79 Å². The molecule has 3 aromatic rings. The van der Waals surface area contributed by atoms with Crippen LogP contribution >= 0.6 is 0 Å². The highest BCUT2D eigenvalue weighted by atomic mass is 16.4. The molecule has 4 rings (SSSR count). The van der Waals surface area contributed by atoms with Gasteiger partial charge in [0.2, 0.25) is 0 Å². The van der Waals surface area contributed by atoms with Gasteiger partial charge in [-0.05, 0) is 54.4 Å². The van der Waals surface area contributed by atoms with Crippen molar-refractivity contribution in [3.63, 3.8) is 0 Å². The number of anilines is 2. The zero-order valence-electron chi connectivity index (χ0n) is 18.5. The summed E-state index contributed by atoms with van der Waals surface area (Å²) in [5.41, 5.74) is 13.9. The van der Waals surface area contributed by atoms with Crippen LogP contribution in [-0.4, -0.2) is 30.6 Å². The Hall–Kier alpha value is -3.42. The van der Waals surface area contributed by atoms with Crippen molar-refractivity contribution in [2.24, 2.45) is 5.41 Å². The highest BCUT2D eigenvalue weighted by Gasteiger charge is 2.35. The van der Waals surface area contributed by atoms with Crippen LogP contribution in [0.15, 0.2) is 49.2 Å². The molecule has 1 atom stereocenters. The zero-order valence-corrected chi connectivity index (χ0v) is 18.5. The second-order valence-corrected chi connectivity index (χ2v) is 9.47. The van der Waals surface area contributed by atoms with Gasteiger partial charge in [0.05, 0.1) is 12.0 Å². The van der Waals surface area contributed by atoms with E-state index in [0.29, 0.717) is 28.8 Å². The third kappa shape index (κ3) is 4.59. The summed E-state index contributed by atoms with van der Waals surface area (Å²) >= 11 is 0. The van der Waals surface area contributed by atoms with Crippen LogP contribution in [0.2, 0.25) is 0 Å². The first-order chi connectivity index (χ1) is 15.2. The van der Waals surface area contributed by atoms with Crippen molar-refractivity contribution >= 4 is 17.6 Å². The van der Waals surface area contributed by atoms with Gasteiger partial charge in [0, 0.05) is 30.6 Å². The monoisotopic (exact) mass is 434 g/mol. The van der Waals surface area contributed by atoms with Crippen LogP contribution < -0.4 is 11.5 Å². The van der Waals surface area contributed by atoms with Crippen molar-refractivity contribution in [1.29, 1.82) is 0 Å². The first-order valence-electron chi connectivity index (χ1n) is 10.9. The van der Waals surface area contributed by atoms with Crippen molar-refractivity contribution in [2.75, 3.05) is 11.5 Å². The van der Waals surface area contributed by atoms with Crippen molar-refractivity contribution < 1.29 is 9.90 Å². The maximum Gasteiger partial charge on any atom is 0.313 e. The molecule has 0 aromatic carbocycles. The fourth-order valence-corrected chi connectivity index (χ4v) is 4.61. The number of carboxylic acid groups (broad SMARTS) is 1. The normalized spacial score (nSPS) is 17.3. The molecule has 0 aliphatic heterocycles. The molecule has 1 unspecified atom stereocenters. The Morgan fingerprint density at radius 3 is 2.06 bits per heavy atom. The largest absolute Gasteiger partial charge is 0.481 e. The van der Waals surface area contributed by atoms with E-state index < -0.39 is 17.8 Å². The van der Waals surface area contributed by atoms with Crippen LogP contribution in [0, 0.1) is 5.41 Å². The Morgan fingerprint density at radius 2 is 1.59 bits per heavy atom. The molecule has 8 nitrogen and oxygen atoms in total. The van der Waals surface area contributed by atoms with Crippen LogP contribution in [0.4, 0.5) is 11.6 Å². The van der Waals surface area contributed by atoms with Gasteiger partial charge in [0.15, 0.2) is 0 Å². The number of hydrogen-bond donors (Lipinski definition) is 3. The summed E-state index contributed by atoms with van der Waals surface area (Å²) in [5, 5.41) is 10.3. The van der Waals surface area contributed by atoms with E-state index in [9.17, 15) is 9.90 Å². The Labute approximate surface area is 187 Å². The van der Waals surface area contributed by atoms with E-state index in [4.69, 9.17) is 11.5 Å². The highest BCUT2D eigenvalue weighted by molar-refractivity contribution is 5.78. The van der Waals surface area contributed by atoms with Gasteiger partial charge in [0.25, 0.3) is 0 Å². The second kappa shape index (κ2) is 8.61. The highest BCUT2D eigenvalue weighted by Crippen LogP contribution is 2.42. The van der Waals surface area contributed by atoms with Gasteiger partial charge >= 0.3 is 5.97 Å². The molecule has 8 heteroatoms. The minimum Gasteiger partial charge on any atom is -0.481 e. The molecule has 0 saturated heterocycles. The lowest BCUT2D eigenvalue weighted by molar-refractivity contribution is -0.139. The molecule has 0 spiro atoms. The predicted molar refractivity (Wildman–Crippen MR) is 123 cm³/mol. The Kier molecular flexibility index (Phi) is 5.86. The number of nitrogens with zero attached hydrogens (tertiary/aromatic N) is 4. The van der Waals surface area contributed by atoms with E-state index >= 15 is 0 Å². The number of carboxylic acids is 1. The predicted octanol–water partition coefficient (Wildman–Crippen LogP) is 3.98. The average Bonchev–Trinajstić information content (AvgIpc) is 3.23. The van der Waals surface area contributed by atoms with Gasteiger partial charge in [-0.1, -0.05) is 26.0 Å². The molecule has 0 bridgehead atoms. The van der Waals surface area contributed by atoms with Gasteiger partial charge in [0.1, 0.15) is 17.6 Å². The average molecular weight is 435 g/mol. The number of carbonyl (C=O) groups is 1. The maximum absolute atomic E-state index is 12.6. The van der Waals surface area contributed by atoms with Crippen LogP contribution in [0.25, 0.3) is 0 Å². The number of hydrogen-bond acceptors (Lipinski definition) is 6. The first kappa shape index (κ1) is 21.8. The summed E-state index contributed by atoms with van der Waals surface area (Å²) in [6, 6.07) is 7.30. The number of imidazole rings is 1. The van der Waals surface area contributed by atoms with Gasteiger partial charge in [-0.2, -0.15) is 0 Å². The third-order valence-electron chi connectivity index (χ3n) is 6.61. The summed E-state index contributed by atoms with van der Waals surface area (Å²) in [6.07, 6.45) is 11.3. The molecular formula is C24H30N6O2. The molecule has 0 radical (unpaired) electrons. The van der Waals surface area contributed by atoms with Crippen molar-refractivity contribution in [1.82, 2.24) is 19.5 Å². The van der Waals surface area contributed by atoms with E-state index in [1.54, 1.807) is 43.0 Å². The maximum atomic E-state index is 12.6. The number of pyridine rings is 2. The zero-order chi connectivity index (χ0) is 22.9. The number of rotatable bonds is 6. The topological polar surface area (TPSA) is 133 Å². The second-order valence-electron chi connectivity index (χ2n) is 9.47. The SMILES string of the molecule is CC1(C)CCC(n2cnc(C(C(=O)O)C(c3ccc(N)nc3)c3ccc(N)nc3)c2)CC1. The number of nitrogen functional groups attached to an aromatic ring is 2. The third-order valence-corrected chi connectivity index (χ3v) is 6.61. The van der Waals surface area contributed by atoms with Crippen LogP contribution in [0.3, 0.4) is 0 Å². The molecule has 1 aliphatic rings. The van der Waals surface area contributed by atoms with E-state index in [1.165, 1.54) is 0 Å². The fourth-order valence-electron chi connectivity index (χ4n) is 4.61. The smallest absolute Gasteiger partial charge is 0.313 e. The summed E-state index contributed by atoms with van der Waals surface area (Å²) in [7, 11) is 0. The van der Waals surface area contributed by atoms with Crippen LogP contribution in [0.1, 0.15) is 74.2 Å². The van der Waals surface area contributed by atoms with E-state index in [0.717, 1.165) is 36.8 Å². The molecular weight excluding hydrogens is 404 g/mol. The van der Waals surface area contributed by atoms with Crippen LogP contribution in [0.5, 0.6) is 0 Å².